The first-order valence-electron chi connectivity index (χ1n) is 33.6. The van der Waals surface area contributed by atoms with Gasteiger partial charge in [-0.25, -0.2) is 0 Å². The third kappa shape index (κ3) is 62.2. The highest BCUT2D eigenvalue weighted by atomic mass is 16.6. The Hall–Kier alpha value is -2.63. The summed E-state index contributed by atoms with van der Waals surface area (Å²) in [6.45, 7) is 6.65. The Morgan fingerprint density at radius 3 is 0.737 bits per heavy atom. The molecule has 0 bridgehead atoms. The van der Waals surface area contributed by atoms with Gasteiger partial charge in [0, 0.05) is 19.3 Å². The number of unbranched alkanes of at least 4 members (excludes halogenated alkanes) is 43. The van der Waals surface area contributed by atoms with Crippen LogP contribution in [0.1, 0.15) is 361 Å². The highest BCUT2D eigenvalue weighted by molar-refractivity contribution is 5.71. The molecule has 0 aromatic heterocycles. The molecule has 6 nitrogen and oxygen atoms in total. The average molecular weight is 1070 g/mol. The van der Waals surface area contributed by atoms with E-state index in [1.807, 2.05) is 0 Å². The molecule has 0 aliphatic rings. The number of allylic oxidation sites excluding steroid dienone is 8. The molecule has 0 aliphatic carbocycles. The first kappa shape index (κ1) is 73.4. The van der Waals surface area contributed by atoms with Gasteiger partial charge in [0.25, 0.3) is 0 Å². The van der Waals surface area contributed by atoms with Crippen molar-refractivity contribution >= 4 is 17.9 Å². The minimum atomic E-state index is -0.783. The lowest BCUT2D eigenvalue weighted by Crippen LogP contribution is -2.30. The van der Waals surface area contributed by atoms with Crippen molar-refractivity contribution in [3.8, 4) is 0 Å². The highest BCUT2D eigenvalue weighted by Gasteiger charge is 2.19. The molecule has 0 aliphatic heterocycles. The van der Waals surface area contributed by atoms with Gasteiger partial charge in [0.05, 0.1) is 0 Å². The smallest absolute Gasteiger partial charge is 0.306 e. The Balaban J connectivity index is 4.31. The number of carbonyl (C=O) groups is 3. The Morgan fingerprint density at radius 2 is 0.474 bits per heavy atom. The molecule has 0 N–H and O–H groups in total. The van der Waals surface area contributed by atoms with Crippen LogP contribution in [-0.2, 0) is 28.6 Å². The number of esters is 3. The van der Waals surface area contributed by atoms with Crippen LogP contribution < -0.4 is 0 Å². The molecule has 6 heteroatoms. The predicted molar refractivity (Wildman–Crippen MR) is 330 cm³/mol. The summed E-state index contributed by atoms with van der Waals surface area (Å²) in [5.74, 6) is -0.877. The minimum absolute atomic E-state index is 0.0773. The van der Waals surface area contributed by atoms with Crippen molar-refractivity contribution in [1.29, 1.82) is 0 Å². The quantitative estimate of drug-likeness (QED) is 0.0261. The van der Waals surface area contributed by atoms with E-state index in [1.165, 1.54) is 231 Å². The van der Waals surface area contributed by atoms with Gasteiger partial charge < -0.3 is 14.2 Å². The summed E-state index contributed by atoms with van der Waals surface area (Å²) < 4.78 is 17.0. The van der Waals surface area contributed by atoms with Crippen molar-refractivity contribution in [3.63, 3.8) is 0 Å². The molecule has 0 radical (unpaired) electrons. The number of hydrogen-bond donors (Lipinski definition) is 0. The zero-order valence-electron chi connectivity index (χ0n) is 51.0. The van der Waals surface area contributed by atoms with Crippen LogP contribution >= 0.6 is 0 Å². The fourth-order valence-corrected chi connectivity index (χ4v) is 9.98. The topological polar surface area (TPSA) is 78.9 Å². The maximum absolute atomic E-state index is 12.9. The molecule has 0 amide bonds. The van der Waals surface area contributed by atoms with Crippen LogP contribution in [-0.4, -0.2) is 37.2 Å². The van der Waals surface area contributed by atoms with Crippen LogP contribution in [0.5, 0.6) is 0 Å². The van der Waals surface area contributed by atoms with Crippen molar-refractivity contribution in [2.45, 2.75) is 367 Å². The van der Waals surface area contributed by atoms with Crippen molar-refractivity contribution in [3.05, 3.63) is 48.6 Å². The van der Waals surface area contributed by atoms with E-state index >= 15 is 0 Å². The molecule has 0 rings (SSSR count). The maximum atomic E-state index is 12.9. The van der Waals surface area contributed by atoms with Gasteiger partial charge in [-0.05, 0) is 83.5 Å². The van der Waals surface area contributed by atoms with E-state index in [2.05, 4.69) is 69.4 Å². The number of carbonyl (C=O) groups excluding carboxylic acids is 3. The Labute approximate surface area is 473 Å². The van der Waals surface area contributed by atoms with E-state index < -0.39 is 6.10 Å². The Bertz CT molecular complexity index is 1310. The largest absolute Gasteiger partial charge is 0.462 e. The zero-order valence-corrected chi connectivity index (χ0v) is 51.0. The molecule has 0 aromatic carbocycles. The second kappa shape index (κ2) is 64.9. The first-order chi connectivity index (χ1) is 37.5. The van der Waals surface area contributed by atoms with Crippen molar-refractivity contribution < 1.29 is 28.6 Å². The van der Waals surface area contributed by atoms with Gasteiger partial charge in [-0.3, -0.25) is 14.4 Å². The molecule has 444 valence electrons. The Kier molecular flexibility index (Phi) is 62.6. The second-order valence-corrected chi connectivity index (χ2v) is 22.7. The number of ether oxygens (including phenoxy) is 3. The van der Waals surface area contributed by atoms with Crippen LogP contribution in [0.3, 0.4) is 0 Å². The average Bonchev–Trinajstić information content (AvgIpc) is 3.42. The van der Waals surface area contributed by atoms with E-state index in [9.17, 15) is 14.4 Å². The summed E-state index contributed by atoms with van der Waals surface area (Å²) >= 11 is 0. The lowest BCUT2D eigenvalue weighted by molar-refractivity contribution is -0.167. The molecule has 0 aromatic rings. The lowest BCUT2D eigenvalue weighted by atomic mass is 10.0. The Morgan fingerprint density at radius 1 is 0.263 bits per heavy atom. The minimum Gasteiger partial charge on any atom is -0.462 e. The van der Waals surface area contributed by atoms with Crippen molar-refractivity contribution in [1.82, 2.24) is 0 Å². The monoisotopic (exact) mass is 1060 g/mol. The third-order valence-corrected chi connectivity index (χ3v) is 15.1. The second-order valence-electron chi connectivity index (χ2n) is 22.7. The summed E-state index contributed by atoms with van der Waals surface area (Å²) in [7, 11) is 0. The van der Waals surface area contributed by atoms with Crippen LogP contribution in [0.2, 0.25) is 0 Å². The van der Waals surface area contributed by atoms with Gasteiger partial charge in [-0.1, -0.05) is 307 Å². The third-order valence-electron chi connectivity index (χ3n) is 15.1. The lowest BCUT2D eigenvalue weighted by Gasteiger charge is -2.18. The molecular weight excluding hydrogens is 937 g/mol. The van der Waals surface area contributed by atoms with Gasteiger partial charge in [0.1, 0.15) is 13.2 Å². The van der Waals surface area contributed by atoms with Crippen LogP contribution in [0, 0.1) is 0 Å². The van der Waals surface area contributed by atoms with Gasteiger partial charge >= 0.3 is 17.9 Å². The standard InChI is InChI=1S/C70H128O6/c1-4-7-10-13-16-19-22-25-28-31-33-34-35-36-37-38-40-42-45-48-51-54-57-60-63-69(72)75-66-67(65-74-68(71)62-59-56-53-50-47-44-41-30-27-24-21-18-15-12-9-6-3)76-70(73)64-61-58-55-52-49-46-43-39-32-29-26-23-20-17-14-11-8-5-2/h20-21,23-24,29-30,32,41,67H,4-19,22,25-28,31,33-40,42-66H2,1-3H3/b23-20-,24-21-,32-29-,41-30-. The van der Waals surface area contributed by atoms with Crippen LogP contribution in [0.25, 0.3) is 0 Å². The van der Waals surface area contributed by atoms with E-state index in [1.54, 1.807) is 0 Å². The van der Waals surface area contributed by atoms with E-state index in [0.717, 1.165) is 89.9 Å². The van der Waals surface area contributed by atoms with Crippen molar-refractivity contribution in [2.75, 3.05) is 13.2 Å². The fourth-order valence-electron chi connectivity index (χ4n) is 9.98. The molecule has 1 atom stereocenters. The van der Waals surface area contributed by atoms with Gasteiger partial charge in [-0.2, -0.15) is 0 Å². The number of hydrogen-bond acceptors (Lipinski definition) is 6. The summed E-state index contributed by atoms with van der Waals surface area (Å²) in [5.41, 5.74) is 0. The normalized spacial score (nSPS) is 12.3. The summed E-state index contributed by atoms with van der Waals surface area (Å²) in [5, 5.41) is 0. The van der Waals surface area contributed by atoms with Crippen molar-refractivity contribution in [2.24, 2.45) is 0 Å². The first-order valence-corrected chi connectivity index (χ1v) is 33.6. The maximum Gasteiger partial charge on any atom is 0.306 e. The SMILES string of the molecule is CCCCCC/C=C\C/C=C\CCCCCCCCCC(=O)OC(COC(=O)CCCCCCC/C=C\C/C=C\CCCCCC)COC(=O)CCCCCCCCCCCCCCCCCCCCCCCCCC. The van der Waals surface area contributed by atoms with E-state index in [4.69, 9.17) is 14.2 Å². The van der Waals surface area contributed by atoms with Gasteiger partial charge in [0.2, 0.25) is 0 Å². The zero-order chi connectivity index (χ0) is 55.0. The number of rotatable bonds is 62. The molecule has 0 fully saturated rings. The molecule has 0 heterocycles. The van der Waals surface area contributed by atoms with E-state index in [-0.39, 0.29) is 31.1 Å². The molecule has 1 unspecified atom stereocenters. The molecule has 0 saturated heterocycles. The summed E-state index contributed by atoms with van der Waals surface area (Å²) in [6, 6.07) is 0. The van der Waals surface area contributed by atoms with Gasteiger partial charge in [-0.15, -0.1) is 0 Å². The predicted octanol–water partition coefficient (Wildman–Crippen LogP) is 22.9. The van der Waals surface area contributed by atoms with Crippen LogP contribution in [0.15, 0.2) is 48.6 Å². The molecule has 0 saturated carbocycles. The van der Waals surface area contributed by atoms with E-state index in [0.29, 0.717) is 19.3 Å². The molecule has 76 heavy (non-hydrogen) atoms. The molecule has 0 spiro atoms. The summed E-state index contributed by atoms with van der Waals surface area (Å²) in [4.78, 5) is 38.4. The van der Waals surface area contributed by atoms with Crippen LogP contribution in [0.4, 0.5) is 0 Å². The fraction of sp³-hybridized carbons (Fsp3) is 0.843. The molecular formula is C70H128O6. The van der Waals surface area contributed by atoms with Gasteiger partial charge in [0.15, 0.2) is 6.10 Å². The highest BCUT2D eigenvalue weighted by Crippen LogP contribution is 2.18. The summed E-state index contributed by atoms with van der Waals surface area (Å²) in [6.07, 6.45) is 81.2.